The van der Waals surface area contributed by atoms with Crippen LogP contribution in [0.15, 0.2) is 42.6 Å². The summed E-state index contributed by atoms with van der Waals surface area (Å²) in [5.74, 6) is 0. The van der Waals surface area contributed by atoms with E-state index in [0.29, 0.717) is 0 Å². The minimum Gasteiger partial charge on any atom is -0.412 e. The van der Waals surface area contributed by atoms with Crippen molar-refractivity contribution in [3.8, 4) is 0 Å². The molecule has 4 N–H and O–H groups in total. The second-order valence-electron chi connectivity index (χ2n) is 2.12. The smallest absolute Gasteiger partial charge is 0.00803 e. The van der Waals surface area contributed by atoms with Gasteiger partial charge < -0.3 is 11.2 Å². The van der Waals surface area contributed by atoms with Gasteiger partial charge in [-0.15, -0.1) is 0 Å². The Bertz CT molecular complexity index is 206. The Morgan fingerprint density at radius 3 is 2.36 bits per heavy atom. The van der Waals surface area contributed by atoms with E-state index >= 15 is 0 Å². The van der Waals surface area contributed by atoms with Gasteiger partial charge in [0, 0.05) is 0 Å². The van der Waals surface area contributed by atoms with Crippen molar-refractivity contribution in [2.75, 3.05) is 0 Å². The molecule has 0 saturated carbocycles. The van der Waals surface area contributed by atoms with Gasteiger partial charge in [0.25, 0.3) is 0 Å². The summed E-state index contributed by atoms with van der Waals surface area (Å²) in [6.07, 6.45) is 4.44. The predicted octanol–water partition coefficient (Wildman–Crippen LogP) is 0.877. The Hall–Kier alpha value is -1.28. The summed E-state index contributed by atoms with van der Waals surface area (Å²) in [6, 6.07) is 10.2. The molecule has 0 fully saturated rings. The highest BCUT2D eigenvalue weighted by Gasteiger charge is 1.83. The first kappa shape index (κ1) is 9.72. The number of hydrogen-bond donors (Lipinski definition) is 1. The summed E-state index contributed by atoms with van der Waals surface area (Å²) in [4.78, 5) is 0. The molecule has 0 aromatic heterocycles. The third-order valence-electron chi connectivity index (χ3n) is 1.33. The molecule has 0 saturated heterocycles. The molecule has 1 aromatic carbocycles. The van der Waals surface area contributed by atoms with Gasteiger partial charge in [0.1, 0.15) is 0 Å². The van der Waals surface area contributed by atoms with Crippen LogP contribution in [0.4, 0.5) is 0 Å². The fourth-order valence-electron chi connectivity index (χ4n) is 0.818. The maximum Gasteiger partial charge on any atom is -0.00803 e. The Morgan fingerprint density at radius 2 is 1.82 bits per heavy atom. The van der Waals surface area contributed by atoms with E-state index in [2.05, 4.69) is 12.1 Å². The van der Waals surface area contributed by atoms with Crippen LogP contribution in [-0.4, -0.2) is 5.48 Å². The molecular weight excluding hydrogens is 138 g/mol. The first-order valence-electron chi connectivity index (χ1n) is 3.34. The van der Waals surface area contributed by atoms with Crippen LogP contribution in [-0.2, 0) is 6.42 Å². The third-order valence-corrected chi connectivity index (χ3v) is 1.33. The van der Waals surface area contributed by atoms with Crippen LogP contribution in [0.2, 0.25) is 0 Å². The molecule has 2 nitrogen and oxygen atoms in total. The summed E-state index contributed by atoms with van der Waals surface area (Å²) >= 11 is 0. The minimum absolute atomic E-state index is 0. The van der Waals surface area contributed by atoms with Gasteiger partial charge in [-0.2, -0.15) is 0 Å². The average Bonchev–Trinajstić information content (AvgIpc) is 2.03. The Kier molecular flexibility index (Phi) is 4.86. The van der Waals surface area contributed by atoms with Crippen molar-refractivity contribution in [1.29, 1.82) is 0 Å². The van der Waals surface area contributed by atoms with Crippen LogP contribution in [0, 0.1) is 0 Å². The van der Waals surface area contributed by atoms with Gasteiger partial charge >= 0.3 is 0 Å². The molecule has 1 rings (SSSR count). The molecule has 0 bridgehead atoms. The van der Waals surface area contributed by atoms with E-state index in [0.717, 1.165) is 6.42 Å². The lowest BCUT2D eigenvalue weighted by molar-refractivity contribution is 0.824. The average molecular weight is 151 g/mol. The topological polar surface area (TPSA) is 57.5 Å². The first-order chi connectivity index (χ1) is 4.93. The zero-order valence-electron chi connectivity index (χ0n) is 6.33. The molecule has 11 heavy (non-hydrogen) atoms. The molecule has 0 atom stereocenters. The molecule has 0 radical (unpaired) electrons. The van der Waals surface area contributed by atoms with Crippen molar-refractivity contribution in [3.63, 3.8) is 0 Å². The quantitative estimate of drug-likeness (QED) is 0.670. The van der Waals surface area contributed by atoms with Gasteiger partial charge in [-0.25, -0.2) is 0 Å². The van der Waals surface area contributed by atoms with Crippen molar-refractivity contribution < 1.29 is 5.48 Å². The van der Waals surface area contributed by atoms with Crippen LogP contribution in [0.25, 0.3) is 0 Å². The van der Waals surface area contributed by atoms with Crippen LogP contribution >= 0.6 is 0 Å². The molecule has 0 aliphatic heterocycles. The predicted molar refractivity (Wildman–Crippen MR) is 47.1 cm³/mol. The molecule has 0 aliphatic rings. The maximum atomic E-state index is 5.20. The highest BCUT2D eigenvalue weighted by Crippen LogP contribution is 1.98. The lowest BCUT2D eigenvalue weighted by Gasteiger charge is -1.91. The molecule has 0 amide bonds. The summed E-state index contributed by atoms with van der Waals surface area (Å²) in [5.41, 5.74) is 6.49. The number of benzene rings is 1. The first-order valence-corrected chi connectivity index (χ1v) is 3.34. The zero-order valence-corrected chi connectivity index (χ0v) is 6.33. The Balaban J connectivity index is 0.000001000. The third kappa shape index (κ3) is 3.43. The van der Waals surface area contributed by atoms with Crippen molar-refractivity contribution in [3.05, 3.63) is 48.2 Å². The normalized spacial score (nSPS) is 9.45. The fraction of sp³-hybridized carbons (Fsp3) is 0.111. The van der Waals surface area contributed by atoms with Gasteiger partial charge in [0.05, 0.1) is 0 Å². The van der Waals surface area contributed by atoms with E-state index in [9.17, 15) is 0 Å². The minimum atomic E-state index is 0. The van der Waals surface area contributed by atoms with E-state index in [1.54, 1.807) is 6.20 Å². The molecule has 0 spiro atoms. The number of allylic oxidation sites excluding steroid dienone is 1. The summed E-state index contributed by atoms with van der Waals surface area (Å²) in [5, 5.41) is 0. The second kappa shape index (κ2) is 5.50. The van der Waals surface area contributed by atoms with Gasteiger partial charge in [0.15, 0.2) is 0 Å². The van der Waals surface area contributed by atoms with E-state index in [1.165, 1.54) is 5.56 Å². The summed E-state index contributed by atoms with van der Waals surface area (Å²) < 4.78 is 0. The molecular formula is C9H13NO. The monoisotopic (exact) mass is 151 g/mol. The molecule has 0 unspecified atom stereocenters. The fourth-order valence-corrected chi connectivity index (χ4v) is 0.818. The molecule has 2 heteroatoms. The van der Waals surface area contributed by atoms with Gasteiger partial charge in [0.2, 0.25) is 0 Å². The molecule has 0 aliphatic carbocycles. The van der Waals surface area contributed by atoms with Crippen molar-refractivity contribution in [2.45, 2.75) is 6.42 Å². The van der Waals surface area contributed by atoms with E-state index in [1.807, 2.05) is 24.3 Å². The lowest BCUT2D eigenvalue weighted by Crippen LogP contribution is -1.81. The van der Waals surface area contributed by atoms with Crippen molar-refractivity contribution >= 4 is 0 Å². The number of hydrogen-bond acceptors (Lipinski definition) is 1. The zero-order chi connectivity index (χ0) is 7.23. The van der Waals surface area contributed by atoms with Crippen LogP contribution in [0.5, 0.6) is 0 Å². The van der Waals surface area contributed by atoms with Gasteiger partial charge in [-0.3, -0.25) is 0 Å². The second-order valence-corrected chi connectivity index (χ2v) is 2.12. The molecule has 1 aromatic rings. The van der Waals surface area contributed by atoms with Gasteiger partial charge in [-0.05, 0) is 18.2 Å². The molecule has 60 valence electrons. The number of nitrogens with two attached hydrogens (primary N) is 1. The maximum absolute atomic E-state index is 5.20. The van der Waals surface area contributed by atoms with Crippen LogP contribution in [0.3, 0.4) is 0 Å². The van der Waals surface area contributed by atoms with Crippen LogP contribution in [0.1, 0.15) is 5.56 Å². The Labute approximate surface area is 66.7 Å². The summed E-state index contributed by atoms with van der Waals surface area (Å²) in [6.45, 7) is 0. The lowest BCUT2D eigenvalue weighted by atomic mass is 10.1. The van der Waals surface area contributed by atoms with Gasteiger partial charge in [-0.1, -0.05) is 36.4 Å². The van der Waals surface area contributed by atoms with E-state index in [-0.39, 0.29) is 5.48 Å². The Morgan fingerprint density at radius 1 is 1.18 bits per heavy atom. The van der Waals surface area contributed by atoms with E-state index < -0.39 is 0 Å². The highest BCUT2D eigenvalue weighted by molar-refractivity contribution is 5.17. The standard InChI is InChI=1S/C9H11N.H2O/c10-8-4-7-9-5-2-1-3-6-9;/h1-6,8H,7,10H2;1H2. The van der Waals surface area contributed by atoms with Crippen molar-refractivity contribution in [2.24, 2.45) is 5.73 Å². The van der Waals surface area contributed by atoms with Crippen molar-refractivity contribution in [1.82, 2.24) is 0 Å². The number of rotatable bonds is 2. The highest BCUT2D eigenvalue weighted by atomic mass is 16.0. The van der Waals surface area contributed by atoms with Crippen LogP contribution < -0.4 is 5.73 Å². The largest absolute Gasteiger partial charge is 0.412 e. The molecule has 0 heterocycles. The SMILES string of the molecule is NC=CCc1ccccc1.O. The van der Waals surface area contributed by atoms with E-state index in [4.69, 9.17) is 5.73 Å². The summed E-state index contributed by atoms with van der Waals surface area (Å²) in [7, 11) is 0.